The van der Waals surface area contributed by atoms with Gasteiger partial charge in [0.1, 0.15) is 11.5 Å². The summed E-state index contributed by atoms with van der Waals surface area (Å²) in [5.41, 5.74) is 5.69. The molecule has 0 bridgehead atoms. The van der Waals surface area contributed by atoms with Crippen molar-refractivity contribution >= 4 is 0 Å². The lowest BCUT2D eigenvalue weighted by molar-refractivity contribution is 0.225. The lowest BCUT2D eigenvalue weighted by atomic mass is 10.2. The number of rotatable bonds is 8. The summed E-state index contributed by atoms with van der Waals surface area (Å²) in [5.74, 6) is 1.74. The number of hydrogen-bond acceptors (Lipinski definition) is 4. The standard InChI is InChI=1S/C14H24N2O2/c1-4-17-13-5-7-14(8-6-13)18-10-9-12(11-15)16(2)3/h5-8,12H,4,9-11,15H2,1-3H3. The smallest absolute Gasteiger partial charge is 0.119 e. The molecular formula is C14H24N2O2. The topological polar surface area (TPSA) is 47.7 Å². The normalized spacial score (nSPS) is 12.5. The Morgan fingerprint density at radius 3 is 2.11 bits per heavy atom. The maximum absolute atomic E-state index is 5.69. The first-order valence-electron chi connectivity index (χ1n) is 6.39. The van der Waals surface area contributed by atoms with Gasteiger partial charge in [-0.15, -0.1) is 0 Å². The van der Waals surface area contributed by atoms with Crippen LogP contribution in [0, 0.1) is 0 Å². The van der Waals surface area contributed by atoms with Gasteiger partial charge in [0, 0.05) is 12.6 Å². The molecule has 0 saturated carbocycles. The van der Waals surface area contributed by atoms with Gasteiger partial charge in [-0.05, 0) is 51.7 Å². The lowest BCUT2D eigenvalue weighted by Crippen LogP contribution is -2.36. The van der Waals surface area contributed by atoms with Crippen LogP contribution in [0.15, 0.2) is 24.3 Å². The first-order valence-corrected chi connectivity index (χ1v) is 6.39. The van der Waals surface area contributed by atoms with Gasteiger partial charge in [-0.1, -0.05) is 0 Å². The third kappa shape index (κ3) is 4.94. The van der Waals surface area contributed by atoms with E-state index in [2.05, 4.69) is 4.90 Å². The second-order valence-electron chi connectivity index (χ2n) is 4.39. The zero-order chi connectivity index (χ0) is 13.4. The Labute approximate surface area is 110 Å². The van der Waals surface area contributed by atoms with Crippen molar-refractivity contribution in [2.24, 2.45) is 5.73 Å². The predicted molar refractivity (Wildman–Crippen MR) is 74.3 cm³/mol. The molecule has 0 saturated heterocycles. The van der Waals surface area contributed by atoms with Crippen molar-refractivity contribution in [3.8, 4) is 11.5 Å². The molecule has 18 heavy (non-hydrogen) atoms. The van der Waals surface area contributed by atoms with Gasteiger partial charge in [0.05, 0.1) is 13.2 Å². The second-order valence-corrected chi connectivity index (χ2v) is 4.39. The fourth-order valence-corrected chi connectivity index (χ4v) is 1.70. The molecule has 0 aromatic heterocycles. The molecule has 1 aromatic carbocycles. The Morgan fingerprint density at radius 1 is 1.11 bits per heavy atom. The molecule has 0 aliphatic heterocycles. The molecule has 0 radical (unpaired) electrons. The van der Waals surface area contributed by atoms with Crippen LogP contribution in [0.2, 0.25) is 0 Å². The van der Waals surface area contributed by atoms with E-state index in [1.165, 1.54) is 0 Å². The van der Waals surface area contributed by atoms with Crippen molar-refractivity contribution in [3.63, 3.8) is 0 Å². The van der Waals surface area contributed by atoms with Crippen molar-refractivity contribution in [1.29, 1.82) is 0 Å². The summed E-state index contributed by atoms with van der Waals surface area (Å²) in [5, 5.41) is 0. The van der Waals surface area contributed by atoms with E-state index in [0.29, 0.717) is 25.8 Å². The van der Waals surface area contributed by atoms with Gasteiger partial charge in [-0.25, -0.2) is 0 Å². The molecule has 0 amide bonds. The summed E-state index contributed by atoms with van der Waals surface area (Å²) >= 11 is 0. The minimum absolute atomic E-state index is 0.368. The Hall–Kier alpha value is -1.26. The van der Waals surface area contributed by atoms with Crippen LogP contribution in [0.4, 0.5) is 0 Å². The first kappa shape index (κ1) is 14.8. The lowest BCUT2D eigenvalue weighted by Gasteiger charge is -2.22. The first-order chi connectivity index (χ1) is 8.67. The van der Waals surface area contributed by atoms with Gasteiger partial charge in [0.2, 0.25) is 0 Å². The SMILES string of the molecule is CCOc1ccc(OCCC(CN)N(C)C)cc1. The zero-order valence-electron chi connectivity index (χ0n) is 11.6. The van der Waals surface area contributed by atoms with Crippen LogP contribution < -0.4 is 15.2 Å². The maximum Gasteiger partial charge on any atom is 0.119 e. The van der Waals surface area contributed by atoms with Gasteiger partial charge < -0.3 is 20.1 Å². The Balaban J connectivity index is 2.34. The summed E-state index contributed by atoms with van der Waals surface area (Å²) in [6.45, 7) is 3.98. The van der Waals surface area contributed by atoms with Gasteiger partial charge in [0.25, 0.3) is 0 Å². The highest BCUT2D eigenvalue weighted by atomic mass is 16.5. The number of likely N-dealkylation sites (N-methyl/N-ethyl adjacent to an activating group) is 1. The largest absolute Gasteiger partial charge is 0.494 e. The van der Waals surface area contributed by atoms with E-state index >= 15 is 0 Å². The predicted octanol–water partition coefficient (Wildman–Crippen LogP) is 1.74. The molecule has 2 N–H and O–H groups in total. The van der Waals surface area contributed by atoms with E-state index in [1.807, 2.05) is 45.3 Å². The molecule has 1 atom stereocenters. The van der Waals surface area contributed by atoms with E-state index in [0.717, 1.165) is 17.9 Å². The zero-order valence-corrected chi connectivity index (χ0v) is 11.6. The van der Waals surface area contributed by atoms with E-state index in [9.17, 15) is 0 Å². The number of nitrogens with zero attached hydrogens (tertiary/aromatic N) is 1. The minimum Gasteiger partial charge on any atom is -0.494 e. The maximum atomic E-state index is 5.69. The summed E-state index contributed by atoms with van der Waals surface area (Å²) in [6.07, 6.45) is 0.927. The van der Waals surface area contributed by atoms with Crippen molar-refractivity contribution in [2.45, 2.75) is 19.4 Å². The number of ether oxygens (including phenoxy) is 2. The number of hydrogen-bond donors (Lipinski definition) is 1. The monoisotopic (exact) mass is 252 g/mol. The van der Waals surface area contributed by atoms with E-state index in [1.54, 1.807) is 0 Å². The molecule has 0 heterocycles. The second kappa shape index (κ2) is 7.95. The van der Waals surface area contributed by atoms with Gasteiger partial charge in [-0.3, -0.25) is 0 Å². The van der Waals surface area contributed by atoms with Crippen LogP contribution in [0.3, 0.4) is 0 Å². The van der Waals surface area contributed by atoms with E-state index < -0.39 is 0 Å². The van der Waals surface area contributed by atoms with Gasteiger partial charge in [0.15, 0.2) is 0 Å². The molecular weight excluding hydrogens is 228 g/mol. The Bertz CT molecular complexity index is 325. The third-order valence-corrected chi connectivity index (χ3v) is 2.86. The van der Waals surface area contributed by atoms with Crippen LogP contribution in [-0.4, -0.2) is 44.8 Å². The quantitative estimate of drug-likeness (QED) is 0.765. The van der Waals surface area contributed by atoms with Crippen molar-refractivity contribution in [1.82, 2.24) is 4.90 Å². The van der Waals surface area contributed by atoms with Gasteiger partial charge in [-0.2, -0.15) is 0 Å². The van der Waals surface area contributed by atoms with Gasteiger partial charge >= 0.3 is 0 Å². The summed E-state index contributed by atoms with van der Waals surface area (Å²) in [6, 6.07) is 8.07. The van der Waals surface area contributed by atoms with Crippen molar-refractivity contribution in [3.05, 3.63) is 24.3 Å². The third-order valence-electron chi connectivity index (χ3n) is 2.86. The molecule has 1 unspecified atom stereocenters. The highest BCUT2D eigenvalue weighted by molar-refractivity contribution is 5.31. The molecule has 0 spiro atoms. The average Bonchev–Trinajstić information content (AvgIpc) is 2.36. The fourth-order valence-electron chi connectivity index (χ4n) is 1.70. The number of nitrogens with two attached hydrogens (primary N) is 1. The van der Waals surface area contributed by atoms with Crippen LogP contribution in [0.25, 0.3) is 0 Å². The molecule has 1 rings (SSSR count). The van der Waals surface area contributed by atoms with Crippen LogP contribution in [0.5, 0.6) is 11.5 Å². The van der Waals surface area contributed by atoms with Crippen molar-refractivity contribution < 1.29 is 9.47 Å². The van der Waals surface area contributed by atoms with E-state index in [-0.39, 0.29) is 0 Å². The van der Waals surface area contributed by atoms with E-state index in [4.69, 9.17) is 15.2 Å². The Morgan fingerprint density at radius 2 is 1.67 bits per heavy atom. The molecule has 0 aliphatic carbocycles. The fraction of sp³-hybridized carbons (Fsp3) is 0.571. The van der Waals surface area contributed by atoms with Crippen LogP contribution in [0.1, 0.15) is 13.3 Å². The molecule has 0 fully saturated rings. The van der Waals surface area contributed by atoms with Crippen LogP contribution >= 0.6 is 0 Å². The molecule has 1 aromatic rings. The molecule has 4 heteroatoms. The van der Waals surface area contributed by atoms with Crippen molar-refractivity contribution in [2.75, 3.05) is 33.9 Å². The highest BCUT2D eigenvalue weighted by Gasteiger charge is 2.08. The number of benzene rings is 1. The summed E-state index contributed by atoms with van der Waals surface area (Å²) in [7, 11) is 4.07. The van der Waals surface area contributed by atoms with Crippen LogP contribution in [-0.2, 0) is 0 Å². The molecule has 4 nitrogen and oxygen atoms in total. The molecule has 102 valence electrons. The minimum atomic E-state index is 0.368. The summed E-state index contributed by atoms with van der Waals surface area (Å²) in [4.78, 5) is 2.13. The summed E-state index contributed by atoms with van der Waals surface area (Å²) < 4.78 is 11.1. The highest BCUT2D eigenvalue weighted by Crippen LogP contribution is 2.17. The Kier molecular flexibility index (Phi) is 6.54. The molecule has 0 aliphatic rings. The average molecular weight is 252 g/mol.